The SMILES string of the molecule is COc1ccc(Br)c(CCS)c1. The van der Waals surface area contributed by atoms with Crippen LogP contribution in [0.4, 0.5) is 0 Å². The third kappa shape index (κ3) is 2.42. The van der Waals surface area contributed by atoms with Crippen LogP contribution < -0.4 is 4.74 Å². The third-order valence-electron chi connectivity index (χ3n) is 1.63. The van der Waals surface area contributed by atoms with Gasteiger partial charge in [-0.05, 0) is 35.9 Å². The molecule has 0 unspecified atom stereocenters. The number of methoxy groups -OCH3 is 1. The lowest BCUT2D eigenvalue weighted by Gasteiger charge is -2.05. The normalized spacial score (nSPS) is 9.92. The summed E-state index contributed by atoms with van der Waals surface area (Å²) in [4.78, 5) is 0. The van der Waals surface area contributed by atoms with Crippen molar-refractivity contribution >= 4 is 28.6 Å². The second kappa shape index (κ2) is 4.77. The number of ether oxygens (including phenoxy) is 1. The van der Waals surface area contributed by atoms with Crippen LogP contribution in [0, 0.1) is 0 Å². The second-order valence-corrected chi connectivity index (χ2v) is 3.73. The molecule has 1 rings (SSSR count). The third-order valence-corrected chi connectivity index (χ3v) is 2.63. The minimum absolute atomic E-state index is 0.853. The van der Waals surface area contributed by atoms with E-state index < -0.39 is 0 Å². The Kier molecular flexibility index (Phi) is 3.95. The summed E-state index contributed by atoms with van der Waals surface area (Å²) in [6.45, 7) is 0. The van der Waals surface area contributed by atoms with Crippen LogP contribution in [0.1, 0.15) is 5.56 Å². The monoisotopic (exact) mass is 246 g/mol. The van der Waals surface area contributed by atoms with Crippen LogP contribution in [-0.4, -0.2) is 12.9 Å². The Morgan fingerprint density at radius 2 is 2.25 bits per heavy atom. The minimum Gasteiger partial charge on any atom is -0.497 e. The van der Waals surface area contributed by atoms with Gasteiger partial charge in [0.1, 0.15) is 5.75 Å². The van der Waals surface area contributed by atoms with Gasteiger partial charge < -0.3 is 4.74 Å². The lowest BCUT2D eigenvalue weighted by molar-refractivity contribution is 0.414. The van der Waals surface area contributed by atoms with E-state index in [-0.39, 0.29) is 0 Å². The highest BCUT2D eigenvalue weighted by Gasteiger charge is 2.00. The number of hydrogen-bond acceptors (Lipinski definition) is 2. The number of halogens is 1. The zero-order valence-electron chi connectivity index (χ0n) is 6.88. The van der Waals surface area contributed by atoms with E-state index in [0.29, 0.717) is 0 Å². The molecule has 12 heavy (non-hydrogen) atoms. The molecular weight excluding hydrogens is 236 g/mol. The van der Waals surface area contributed by atoms with E-state index in [2.05, 4.69) is 28.6 Å². The molecule has 0 saturated heterocycles. The van der Waals surface area contributed by atoms with Crippen LogP contribution in [0.2, 0.25) is 0 Å². The molecule has 1 aromatic rings. The Labute approximate surface area is 86.7 Å². The lowest BCUT2D eigenvalue weighted by Crippen LogP contribution is -1.90. The second-order valence-electron chi connectivity index (χ2n) is 2.43. The minimum atomic E-state index is 0.853. The summed E-state index contributed by atoms with van der Waals surface area (Å²) >= 11 is 7.65. The average Bonchev–Trinajstić information content (AvgIpc) is 2.09. The van der Waals surface area contributed by atoms with Crippen LogP contribution in [0.3, 0.4) is 0 Å². The number of aryl methyl sites for hydroxylation is 1. The van der Waals surface area contributed by atoms with Crippen molar-refractivity contribution in [3.8, 4) is 5.75 Å². The molecule has 0 aliphatic carbocycles. The van der Waals surface area contributed by atoms with Crippen molar-refractivity contribution in [3.05, 3.63) is 28.2 Å². The molecule has 0 bridgehead atoms. The average molecular weight is 247 g/mol. The fourth-order valence-electron chi connectivity index (χ4n) is 0.990. The van der Waals surface area contributed by atoms with E-state index in [1.807, 2.05) is 18.2 Å². The van der Waals surface area contributed by atoms with E-state index >= 15 is 0 Å². The molecule has 0 spiro atoms. The van der Waals surface area contributed by atoms with Crippen molar-refractivity contribution in [2.75, 3.05) is 12.9 Å². The van der Waals surface area contributed by atoms with Gasteiger partial charge in [0, 0.05) is 4.47 Å². The molecule has 1 nitrogen and oxygen atoms in total. The van der Waals surface area contributed by atoms with Gasteiger partial charge in [-0.15, -0.1) is 0 Å². The molecule has 0 aliphatic rings. The molecular formula is C9H11BrOS. The van der Waals surface area contributed by atoms with Gasteiger partial charge in [-0.25, -0.2) is 0 Å². The van der Waals surface area contributed by atoms with Crippen LogP contribution in [-0.2, 0) is 6.42 Å². The summed E-state index contributed by atoms with van der Waals surface area (Å²) in [6.07, 6.45) is 0.959. The molecule has 0 atom stereocenters. The Balaban J connectivity index is 2.91. The van der Waals surface area contributed by atoms with Crippen LogP contribution >= 0.6 is 28.6 Å². The zero-order valence-corrected chi connectivity index (χ0v) is 9.36. The number of hydrogen-bond donors (Lipinski definition) is 1. The van der Waals surface area contributed by atoms with Crippen molar-refractivity contribution in [1.82, 2.24) is 0 Å². The molecule has 0 heterocycles. The Morgan fingerprint density at radius 3 is 2.83 bits per heavy atom. The smallest absolute Gasteiger partial charge is 0.119 e. The van der Waals surface area contributed by atoms with Crippen molar-refractivity contribution in [3.63, 3.8) is 0 Å². The van der Waals surface area contributed by atoms with E-state index in [1.54, 1.807) is 7.11 Å². The van der Waals surface area contributed by atoms with Crippen LogP contribution in [0.5, 0.6) is 5.75 Å². The van der Waals surface area contributed by atoms with Crippen molar-refractivity contribution in [1.29, 1.82) is 0 Å². The molecule has 1 aromatic carbocycles. The maximum atomic E-state index is 5.11. The van der Waals surface area contributed by atoms with Gasteiger partial charge in [0.15, 0.2) is 0 Å². The maximum absolute atomic E-state index is 5.11. The molecule has 0 fully saturated rings. The summed E-state index contributed by atoms with van der Waals surface area (Å²) in [7, 11) is 1.67. The van der Waals surface area contributed by atoms with Gasteiger partial charge >= 0.3 is 0 Å². The van der Waals surface area contributed by atoms with Crippen molar-refractivity contribution < 1.29 is 4.74 Å². The summed E-state index contributed by atoms with van der Waals surface area (Å²) in [5.41, 5.74) is 1.24. The summed E-state index contributed by atoms with van der Waals surface area (Å²) < 4.78 is 6.23. The van der Waals surface area contributed by atoms with Gasteiger partial charge in [-0.3, -0.25) is 0 Å². The van der Waals surface area contributed by atoms with Crippen LogP contribution in [0.15, 0.2) is 22.7 Å². The molecule has 0 radical (unpaired) electrons. The van der Waals surface area contributed by atoms with Crippen molar-refractivity contribution in [2.45, 2.75) is 6.42 Å². The van der Waals surface area contributed by atoms with E-state index in [4.69, 9.17) is 4.74 Å². The summed E-state index contributed by atoms with van der Waals surface area (Å²) in [5.74, 6) is 1.75. The first-order chi connectivity index (χ1) is 5.77. The van der Waals surface area contributed by atoms with Crippen LogP contribution in [0.25, 0.3) is 0 Å². The maximum Gasteiger partial charge on any atom is 0.119 e. The Bertz CT molecular complexity index is 263. The molecule has 0 saturated carbocycles. The highest BCUT2D eigenvalue weighted by molar-refractivity contribution is 9.10. The zero-order chi connectivity index (χ0) is 8.97. The highest BCUT2D eigenvalue weighted by atomic mass is 79.9. The Hall–Kier alpha value is -0.150. The standard InChI is InChI=1S/C9H11BrOS/c1-11-8-2-3-9(10)7(6-8)4-5-12/h2-3,6,12H,4-5H2,1H3. The fraction of sp³-hybridized carbons (Fsp3) is 0.333. The van der Waals surface area contributed by atoms with Crippen molar-refractivity contribution in [2.24, 2.45) is 0 Å². The first-order valence-corrected chi connectivity index (χ1v) is 5.13. The number of benzene rings is 1. The van der Waals surface area contributed by atoms with E-state index in [0.717, 1.165) is 22.4 Å². The first kappa shape index (κ1) is 9.93. The molecule has 3 heteroatoms. The molecule has 66 valence electrons. The Morgan fingerprint density at radius 1 is 1.50 bits per heavy atom. The van der Waals surface area contributed by atoms with Gasteiger partial charge in [0.25, 0.3) is 0 Å². The summed E-state index contributed by atoms with van der Waals surface area (Å²) in [5, 5.41) is 0. The largest absolute Gasteiger partial charge is 0.497 e. The van der Waals surface area contributed by atoms with Gasteiger partial charge in [-0.1, -0.05) is 15.9 Å². The van der Waals surface area contributed by atoms with Gasteiger partial charge in [-0.2, -0.15) is 12.6 Å². The fourth-order valence-corrected chi connectivity index (χ4v) is 1.68. The first-order valence-electron chi connectivity index (χ1n) is 3.71. The summed E-state index contributed by atoms with van der Waals surface area (Å²) in [6, 6.07) is 5.96. The van der Waals surface area contributed by atoms with E-state index in [1.165, 1.54) is 5.56 Å². The molecule has 0 aliphatic heterocycles. The number of thiol groups is 1. The number of rotatable bonds is 3. The topological polar surface area (TPSA) is 9.23 Å². The van der Waals surface area contributed by atoms with E-state index in [9.17, 15) is 0 Å². The molecule has 0 aromatic heterocycles. The molecule has 0 N–H and O–H groups in total. The van der Waals surface area contributed by atoms with Gasteiger partial charge in [0.2, 0.25) is 0 Å². The van der Waals surface area contributed by atoms with Gasteiger partial charge in [0.05, 0.1) is 7.11 Å². The highest BCUT2D eigenvalue weighted by Crippen LogP contribution is 2.22. The lowest BCUT2D eigenvalue weighted by atomic mass is 10.2. The molecule has 0 amide bonds. The predicted octanol–water partition coefficient (Wildman–Crippen LogP) is 2.93. The predicted molar refractivity (Wildman–Crippen MR) is 58.3 cm³/mol. The quantitative estimate of drug-likeness (QED) is 0.808.